The summed E-state index contributed by atoms with van der Waals surface area (Å²) >= 11 is 0. The summed E-state index contributed by atoms with van der Waals surface area (Å²) < 4.78 is 10.3. The van der Waals surface area contributed by atoms with E-state index in [0.29, 0.717) is 26.2 Å². The van der Waals surface area contributed by atoms with Gasteiger partial charge in [0.15, 0.2) is 0 Å². The number of ether oxygens (including phenoxy) is 2. The highest BCUT2D eigenvalue weighted by molar-refractivity contribution is 5.81. The van der Waals surface area contributed by atoms with Crippen LogP contribution < -0.4 is 0 Å². The highest BCUT2D eigenvalue weighted by atomic mass is 16.5. The number of likely N-dealkylation sites (tertiary alicyclic amines) is 1. The van der Waals surface area contributed by atoms with Gasteiger partial charge in [0.05, 0.1) is 6.61 Å². The molecule has 2 fully saturated rings. The molecule has 2 aliphatic heterocycles. The van der Waals surface area contributed by atoms with Gasteiger partial charge in [-0.15, -0.1) is 0 Å². The number of nitrogens with zero attached hydrogens (tertiary/aromatic N) is 1. The van der Waals surface area contributed by atoms with Crippen LogP contribution in [0.25, 0.3) is 0 Å². The number of rotatable bonds is 2. The molecule has 2 saturated heterocycles. The first kappa shape index (κ1) is 13.1. The Bertz CT molecular complexity index is 337. The van der Waals surface area contributed by atoms with Crippen molar-refractivity contribution in [3.05, 3.63) is 0 Å². The van der Waals surface area contributed by atoms with E-state index in [0.717, 1.165) is 12.8 Å². The smallest absolute Gasteiger partial charge is 0.408 e. The zero-order valence-electron chi connectivity index (χ0n) is 10.6. The van der Waals surface area contributed by atoms with Crippen molar-refractivity contribution in [3.8, 4) is 0 Å². The molecule has 6 nitrogen and oxygen atoms in total. The van der Waals surface area contributed by atoms with E-state index in [1.54, 1.807) is 6.92 Å². The Morgan fingerprint density at radius 1 is 1.44 bits per heavy atom. The number of hydrogen-bond acceptors (Lipinski definition) is 4. The standard InChI is InChI=1S/C12H19NO5/c1-2-18-10(14)9-7-12(3-5-17-6-4-12)8-13(9)11(15)16/h9H,2-8H2,1H3,(H,15,16)/t9-/m0/s1. The van der Waals surface area contributed by atoms with Crippen molar-refractivity contribution in [1.29, 1.82) is 0 Å². The molecule has 1 atom stereocenters. The van der Waals surface area contributed by atoms with Gasteiger partial charge in [-0.1, -0.05) is 0 Å². The summed E-state index contributed by atoms with van der Waals surface area (Å²) in [5, 5.41) is 9.20. The van der Waals surface area contributed by atoms with E-state index < -0.39 is 18.1 Å². The van der Waals surface area contributed by atoms with Gasteiger partial charge in [0.25, 0.3) is 0 Å². The Morgan fingerprint density at radius 2 is 2.11 bits per heavy atom. The number of amides is 1. The van der Waals surface area contributed by atoms with Crippen LogP contribution in [0.2, 0.25) is 0 Å². The van der Waals surface area contributed by atoms with Gasteiger partial charge in [0.2, 0.25) is 0 Å². The van der Waals surface area contributed by atoms with Crippen LogP contribution in [0.5, 0.6) is 0 Å². The van der Waals surface area contributed by atoms with Crippen LogP contribution in [0, 0.1) is 5.41 Å². The van der Waals surface area contributed by atoms with Gasteiger partial charge in [0.1, 0.15) is 6.04 Å². The SMILES string of the molecule is CCOC(=O)[C@@H]1CC2(CCOCC2)CN1C(=O)O. The second kappa shape index (κ2) is 5.14. The number of carbonyl (C=O) groups excluding carboxylic acids is 1. The Kier molecular flexibility index (Phi) is 3.75. The van der Waals surface area contributed by atoms with Gasteiger partial charge in [-0.2, -0.15) is 0 Å². The molecule has 0 aromatic rings. The molecule has 2 heterocycles. The Hall–Kier alpha value is -1.30. The minimum atomic E-state index is -1.04. The van der Waals surface area contributed by atoms with E-state index in [1.165, 1.54) is 4.90 Å². The van der Waals surface area contributed by atoms with Crippen LogP contribution >= 0.6 is 0 Å². The van der Waals surface area contributed by atoms with Gasteiger partial charge in [-0.05, 0) is 31.6 Å². The van der Waals surface area contributed by atoms with Crippen LogP contribution in [0.3, 0.4) is 0 Å². The maximum atomic E-state index is 11.8. The maximum Gasteiger partial charge on any atom is 0.408 e. The van der Waals surface area contributed by atoms with Crippen molar-refractivity contribution in [3.63, 3.8) is 0 Å². The van der Waals surface area contributed by atoms with Crippen molar-refractivity contribution < 1.29 is 24.2 Å². The van der Waals surface area contributed by atoms with Crippen molar-refractivity contribution in [2.75, 3.05) is 26.4 Å². The molecule has 2 aliphatic rings. The molecule has 0 unspecified atom stereocenters. The lowest BCUT2D eigenvalue weighted by atomic mass is 9.78. The van der Waals surface area contributed by atoms with Gasteiger partial charge >= 0.3 is 12.1 Å². The Labute approximate surface area is 106 Å². The van der Waals surface area contributed by atoms with Crippen molar-refractivity contribution in [2.45, 2.75) is 32.2 Å². The fourth-order valence-corrected chi connectivity index (χ4v) is 2.87. The lowest BCUT2D eigenvalue weighted by Gasteiger charge is -2.32. The van der Waals surface area contributed by atoms with E-state index in [1.807, 2.05) is 0 Å². The Morgan fingerprint density at radius 3 is 2.67 bits per heavy atom. The van der Waals surface area contributed by atoms with Gasteiger partial charge in [-0.25, -0.2) is 9.59 Å². The molecule has 0 aromatic heterocycles. The van der Waals surface area contributed by atoms with Crippen molar-refractivity contribution in [2.24, 2.45) is 5.41 Å². The molecule has 18 heavy (non-hydrogen) atoms. The molecule has 1 N–H and O–H groups in total. The highest BCUT2D eigenvalue weighted by Crippen LogP contribution is 2.43. The number of esters is 1. The molecule has 6 heteroatoms. The molecular weight excluding hydrogens is 238 g/mol. The summed E-state index contributed by atoms with van der Waals surface area (Å²) in [7, 11) is 0. The topological polar surface area (TPSA) is 76.1 Å². The van der Waals surface area contributed by atoms with Crippen LogP contribution in [0.1, 0.15) is 26.2 Å². The second-order valence-electron chi connectivity index (χ2n) is 4.99. The predicted octanol–water partition coefficient (Wildman–Crippen LogP) is 1.10. The van der Waals surface area contributed by atoms with Gasteiger partial charge in [0, 0.05) is 19.8 Å². The number of carbonyl (C=O) groups is 2. The average Bonchev–Trinajstić information content (AvgIpc) is 2.70. The number of carboxylic acid groups (broad SMARTS) is 1. The lowest BCUT2D eigenvalue weighted by molar-refractivity contribution is -0.147. The third-order valence-corrected chi connectivity index (χ3v) is 3.87. The minimum absolute atomic E-state index is 0.103. The fraction of sp³-hybridized carbons (Fsp3) is 0.833. The lowest BCUT2D eigenvalue weighted by Crippen LogP contribution is -2.41. The van der Waals surface area contributed by atoms with Crippen LogP contribution in [0.15, 0.2) is 0 Å². The molecule has 102 valence electrons. The minimum Gasteiger partial charge on any atom is -0.465 e. The summed E-state index contributed by atoms with van der Waals surface area (Å²) in [6.45, 7) is 3.70. The average molecular weight is 257 g/mol. The quantitative estimate of drug-likeness (QED) is 0.750. The first-order valence-corrected chi connectivity index (χ1v) is 6.32. The van der Waals surface area contributed by atoms with E-state index in [-0.39, 0.29) is 12.0 Å². The van der Waals surface area contributed by atoms with Crippen LogP contribution in [0.4, 0.5) is 4.79 Å². The summed E-state index contributed by atoms with van der Waals surface area (Å²) in [6.07, 6.45) is 1.14. The summed E-state index contributed by atoms with van der Waals surface area (Å²) in [6, 6.07) is -0.652. The summed E-state index contributed by atoms with van der Waals surface area (Å²) in [5.74, 6) is -0.428. The third kappa shape index (κ3) is 2.43. The summed E-state index contributed by atoms with van der Waals surface area (Å²) in [4.78, 5) is 24.3. The molecule has 0 aromatic carbocycles. The zero-order chi connectivity index (χ0) is 13.2. The molecular formula is C12H19NO5. The molecule has 0 radical (unpaired) electrons. The molecule has 1 amide bonds. The second-order valence-corrected chi connectivity index (χ2v) is 4.99. The Balaban J connectivity index is 2.12. The normalized spacial score (nSPS) is 26.3. The molecule has 1 spiro atoms. The summed E-state index contributed by atoms with van der Waals surface area (Å²) in [5.41, 5.74) is -0.103. The first-order valence-electron chi connectivity index (χ1n) is 6.32. The molecule has 2 rings (SSSR count). The van der Waals surface area contributed by atoms with E-state index in [2.05, 4.69) is 0 Å². The van der Waals surface area contributed by atoms with Crippen molar-refractivity contribution >= 4 is 12.1 Å². The third-order valence-electron chi connectivity index (χ3n) is 3.87. The zero-order valence-corrected chi connectivity index (χ0v) is 10.6. The fourth-order valence-electron chi connectivity index (χ4n) is 2.87. The van der Waals surface area contributed by atoms with E-state index in [4.69, 9.17) is 9.47 Å². The van der Waals surface area contributed by atoms with Crippen molar-refractivity contribution in [1.82, 2.24) is 4.90 Å². The van der Waals surface area contributed by atoms with Crippen LogP contribution in [-0.2, 0) is 14.3 Å². The molecule has 0 bridgehead atoms. The predicted molar refractivity (Wildman–Crippen MR) is 62.3 cm³/mol. The highest BCUT2D eigenvalue weighted by Gasteiger charge is 2.49. The van der Waals surface area contributed by atoms with Gasteiger partial charge < -0.3 is 14.6 Å². The monoisotopic (exact) mass is 257 g/mol. The first-order chi connectivity index (χ1) is 8.58. The number of hydrogen-bond donors (Lipinski definition) is 1. The van der Waals surface area contributed by atoms with E-state index >= 15 is 0 Å². The molecule has 0 aliphatic carbocycles. The van der Waals surface area contributed by atoms with Crippen LogP contribution in [-0.4, -0.2) is 54.5 Å². The largest absolute Gasteiger partial charge is 0.465 e. The van der Waals surface area contributed by atoms with E-state index in [9.17, 15) is 14.7 Å². The molecule has 0 saturated carbocycles. The van der Waals surface area contributed by atoms with Gasteiger partial charge in [-0.3, -0.25) is 4.90 Å². The maximum absolute atomic E-state index is 11.8.